The molecule has 0 bridgehead atoms. The molecular weight excluding hydrogens is 311 g/mol. The van der Waals surface area contributed by atoms with Gasteiger partial charge in [0.15, 0.2) is 0 Å². The molecular formula is C13H14BrFN4. The maximum absolute atomic E-state index is 12.8. The van der Waals surface area contributed by atoms with Crippen molar-refractivity contribution >= 4 is 33.3 Å². The summed E-state index contributed by atoms with van der Waals surface area (Å²) in [6.07, 6.45) is 2.49. The largest absolute Gasteiger partial charge is 0.369 e. The smallest absolute Gasteiger partial charge is 0.150 e. The number of hydrogen-bond acceptors (Lipinski definition) is 4. The summed E-state index contributed by atoms with van der Waals surface area (Å²) in [5.41, 5.74) is 0.766. The molecule has 2 rings (SSSR count). The number of aromatic nitrogens is 2. The van der Waals surface area contributed by atoms with E-state index in [-0.39, 0.29) is 5.82 Å². The Morgan fingerprint density at radius 1 is 1.16 bits per heavy atom. The molecule has 0 aliphatic heterocycles. The Balaban J connectivity index is 2.18. The van der Waals surface area contributed by atoms with Gasteiger partial charge in [0.1, 0.15) is 28.3 Å². The van der Waals surface area contributed by atoms with Gasteiger partial charge in [-0.05, 0) is 46.6 Å². The second kappa shape index (κ2) is 6.47. The van der Waals surface area contributed by atoms with E-state index >= 15 is 0 Å². The van der Waals surface area contributed by atoms with Crippen molar-refractivity contribution in [2.75, 3.05) is 17.2 Å². The number of hydrogen-bond donors (Lipinski definition) is 2. The summed E-state index contributed by atoms with van der Waals surface area (Å²) in [5.74, 6) is 1.11. The van der Waals surface area contributed by atoms with Crippen molar-refractivity contribution in [3.8, 4) is 0 Å². The first-order chi connectivity index (χ1) is 9.20. The monoisotopic (exact) mass is 324 g/mol. The predicted molar refractivity (Wildman–Crippen MR) is 78.2 cm³/mol. The van der Waals surface area contributed by atoms with Crippen LogP contribution in [0.2, 0.25) is 0 Å². The van der Waals surface area contributed by atoms with Crippen molar-refractivity contribution in [2.45, 2.75) is 13.3 Å². The Labute approximate surface area is 119 Å². The van der Waals surface area contributed by atoms with Crippen LogP contribution in [0, 0.1) is 5.82 Å². The van der Waals surface area contributed by atoms with Crippen molar-refractivity contribution < 1.29 is 4.39 Å². The Bertz CT molecular complexity index is 545. The molecule has 0 amide bonds. The third-order valence-electron chi connectivity index (χ3n) is 2.44. The highest BCUT2D eigenvalue weighted by Crippen LogP contribution is 2.28. The SMILES string of the molecule is CCCNc1ncnc(Nc2ccc(F)cc2)c1Br. The standard InChI is InChI=1S/C13H14BrFN4/c1-2-7-16-12-11(14)13(18-8-17-12)19-10-5-3-9(15)4-6-10/h3-6,8H,2,7H2,1H3,(H2,16,17,18,19). The third-order valence-corrected chi connectivity index (χ3v) is 3.19. The molecule has 0 unspecified atom stereocenters. The molecule has 0 saturated carbocycles. The molecule has 0 atom stereocenters. The molecule has 1 aromatic heterocycles. The normalized spacial score (nSPS) is 10.3. The van der Waals surface area contributed by atoms with Crippen LogP contribution < -0.4 is 10.6 Å². The molecule has 2 N–H and O–H groups in total. The van der Waals surface area contributed by atoms with E-state index in [1.54, 1.807) is 12.1 Å². The van der Waals surface area contributed by atoms with Crippen LogP contribution >= 0.6 is 15.9 Å². The van der Waals surface area contributed by atoms with Crippen molar-refractivity contribution in [2.24, 2.45) is 0 Å². The van der Waals surface area contributed by atoms with Crippen LogP contribution in [0.1, 0.15) is 13.3 Å². The lowest BCUT2D eigenvalue weighted by atomic mass is 10.3. The minimum absolute atomic E-state index is 0.266. The van der Waals surface area contributed by atoms with Gasteiger partial charge in [-0.1, -0.05) is 6.92 Å². The average molecular weight is 325 g/mol. The van der Waals surface area contributed by atoms with E-state index in [9.17, 15) is 4.39 Å². The van der Waals surface area contributed by atoms with Gasteiger partial charge in [0, 0.05) is 12.2 Å². The molecule has 2 aromatic rings. The van der Waals surface area contributed by atoms with E-state index in [1.165, 1.54) is 18.5 Å². The van der Waals surface area contributed by atoms with Gasteiger partial charge >= 0.3 is 0 Å². The predicted octanol–water partition coefficient (Wildman–Crippen LogP) is 3.94. The minimum Gasteiger partial charge on any atom is -0.369 e. The molecule has 1 heterocycles. The third kappa shape index (κ3) is 3.64. The van der Waals surface area contributed by atoms with Gasteiger partial charge in [-0.15, -0.1) is 0 Å². The Morgan fingerprint density at radius 3 is 2.53 bits per heavy atom. The van der Waals surface area contributed by atoms with Crippen LogP contribution in [0.3, 0.4) is 0 Å². The molecule has 19 heavy (non-hydrogen) atoms. The first-order valence-electron chi connectivity index (χ1n) is 5.97. The first kappa shape index (κ1) is 13.7. The van der Waals surface area contributed by atoms with Gasteiger partial charge in [-0.25, -0.2) is 14.4 Å². The van der Waals surface area contributed by atoms with Crippen molar-refractivity contribution in [1.82, 2.24) is 9.97 Å². The van der Waals surface area contributed by atoms with Crippen LogP contribution in [0.15, 0.2) is 35.1 Å². The first-order valence-corrected chi connectivity index (χ1v) is 6.77. The summed E-state index contributed by atoms with van der Waals surface area (Å²) >= 11 is 3.46. The fourth-order valence-corrected chi connectivity index (χ4v) is 1.94. The summed E-state index contributed by atoms with van der Waals surface area (Å²) < 4.78 is 13.6. The molecule has 0 fully saturated rings. The number of nitrogens with one attached hydrogen (secondary N) is 2. The topological polar surface area (TPSA) is 49.8 Å². The second-order valence-corrected chi connectivity index (χ2v) is 4.74. The Kier molecular flexibility index (Phi) is 4.68. The van der Waals surface area contributed by atoms with E-state index < -0.39 is 0 Å². The van der Waals surface area contributed by atoms with E-state index in [0.717, 1.165) is 28.9 Å². The second-order valence-electron chi connectivity index (χ2n) is 3.94. The lowest BCUT2D eigenvalue weighted by Crippen LogP contribution is -2.05. The fourth-order valence-electron chi connectivity index (χ4n) is 1.49. The van der Waals surface area contributed by atoms with Gasteiger partial charge in [0.25, 0.3) is 0 Å². The van der Waals surface area contributed by atoms with Crippen molar-refractivity contribution in [3.05, 3.63) is 40.9 Å². The molecule has 4 nitrogen and oxygen atoms in total. The van der Waals surface area contributed by atoms with E-state index in [1.807, 2.05) is 0 Å². The number of nitrogens with zero attached hydrogens (tertiary/aromatic N) is 2. The summed E-state index contributed by atoms with van der Waals surface area (Å²) in [6.45, 7) is 2.92. The minimum atomic E-state index is -0.266. The number of halogens is 2. The molecule has 100 valence electrons. The molecule has 0 radical (unpaired) electrons. The Hall–Kier alpha value is -1.69. The zero-order valence-electron chi connectivity index (χ0n) is 10.5. The summed E-state index contributed by atoms with van der Waals surface area (Å²) in [4.78, 5) is 8.32. The number of rotatable bonds is 5. The lowest BCUT2D eigenvalue weighted by Gasteiger charge is -2.11. The lowest BCUT2D eigenvalue weighted by molar-refractivity contribution is 0.628. The van der Waals surface area contributed by atoms with Gasteiger partial charge in [0.2, 0.25) is 0 Å². The molecule has 1 aromatic carbocycles. The van der Waals surface area contributed by atoms with E-state index in [0.29, 0.717) is 5.82 Å². The zero-order chi connectivity index (χ0) is 13.7. The average Bonchev–Trinajstić information content (AvgIpc) is 2.42. The summed E-state index contributed by atoms with van der Waals surface area (Å²) in [5, 5.41) is 6.31. The molecule has 0 saturated heterocycles. The maximum atomic E-state index is 12.8. The van der Waals surface area contributed by atoms with E-state index in [2.05, 4.69) is 43.5 Å². The van der Waals surface area contributed by atoms with Gasteiger partial charge in [-0.2, -0.15) is 0 Å². The van der Waals surface area contributed by atoms with Crippen LogP contribution in [0.4, 0.5) is 21.7 Å². The summed E-state index contributed by atoms with van der Waals surface area (Å²) in [7, 11) is 0. The van der Waals surface area contributed by atoms with E-state index in [4.69, 9.17) is 0 Å². The van der Waals surface area contributed by atoms with Gasteiger partial charge < -0.3 is 10.6 Å². The zero-order valence-corrected chi connectivity index (χ0v) is 12.0. The highest BCUT2D eigenvalue weighted by molar-refractivity contribution is 9.10. The number of benzene rings is 1. The molecule has 6 heteroatoms. The highest BCUT2D eigenvalue weighted by Gasteiger charge is 2.08. The van der Waals surface area contributed by atoms with Gasteiger partial charge in [-0.3, -0.25) is 0 Å². The maximum Gasteiger partial charge on any atom is 0.150 e. The molecule has 0 aliphatic carbocycles. The van der Waals surface area contributed by atoms with Crippen LogP contribution in [-0.2, 0) is 0 Å². The number of anilines is 3. The highest BCUT2D eigenvalue weighted by atomic mass is 79.9. The van der Waals surface area contributed by atoms with Crippen LogP contribution in [-0.4, -0.2) is 16.5 Å². The summed E-state index contributed by atoms with van der Waals surface area (Å²) in [6, 6.07) is 6.10. The molecule has 0 spiro atoms. The Morgan fingerprint density at radius 2 is 1.84 bits per heavy atom. The fraction of sp³-hybridized carbons (Fsp3) is 0.231. The molecule has 0 aliphatic rings. The van der Waals surface area contributed by atoms with Crippen LogP contribution in [0.25, 0.3) is 0 Å². The van der Waals surface area contributed by atoms with Gasteiger partial charge in [0.05, 0.1) is 0 Å². The van der Waals surface area contributed by atoms with Crippen molar-refractivity contribution in [1.29, 1.82) is 0 Å². The quantitative estimate of drug-likeness (QED) is 0.874. The van der Waals surface area contributed by atoms with Crippen molar-refractivity contribution in [3.63, 3.8) is 0 Å². The van der Waals surface area contributed by atoms with Crippen LogP contribution in [0.5, 0.6) is 0 Å².